The maximum atomic E-state index is 10.5. The third-order valence-electron chi connectivity index (χ3n) is 3.75. The third kappa shape index (κ3) is 2.23. The van der Waals surface area contributed by atoms with Gasteiger partial charge < -0.3 is 9.52 Å². The molecule has 0 fully saturated rings. The summed E-state index contributed by atoms with van der Waals surface area (Å²) in [6.07, 6.45) is 2.70. The average Bonchev–Trinajstić information content (AvgIpc) is 2.98. The van der Waals surface area contributed by atoms with Crippen molar-refractivity contribution in [2.75, 3.05) is 0 Å². The van der Waals surface area contributed by atoms with Gasteiger partial charge in [0.2, 0.25) is 0 Å². The molecule has 4 heteroatoms. The summed E-state index contributed by atoms with van der Waals surface area (Å²) >= 11 is 0. The lowest BCUT2D eigenvalue weighted by atomic mass is 10.0. The Hall–Kier alpha value is -2.07. The van der Waals surface area contributed by atoms with E-state index >= 15 is 0 Å². The summed E-state index contributed by atoms with van der Waals surface area (Å²) in [5.41, 5.74) is 2.86. The Kier molecular flexibility index (Phi) is 3.32. The fraction of sp³-hybridized carbons (Fsp3) is 0.312. The van der Waals surface area contributed by atoms with Crippen LogP contribution in [0.1, 0.15) is 29.5 Å². The van der Waals surface area contributed by atoms with E-state index in [0.29, 0.717) is 6.42 Å². The number of benzene rings is 1. The van der Waals surface area contributed by atoms with Gasteiger partial charge in [0.1, 0.15) is 11.3 Å². The average molecular weight is 270 g/mol. The molecule has 0 radical (unpaired) electrons. The van der Waals surface area contributed by atoms with Crippen molar-refractivity contribution in [1.29, 1.82) is 0 Å². The van der Waals surface area contributed by atoms with Gasteiger partial charge in [0.15, 0.2) is 0 Å². The number of aryl methyl sites for hydroxylation is 3. The van der Waals surface area contributed by atoms with Crippen LogP contribution in [0.3, 0.4) is 0 Å². The Balaban J connectivity index is 1.84. The number of aliphatic hydroxyl groups excluding tert-OH is 1. The zero-order chi connectivity index (χ0) is 14.1. The van der Waals surface area contributed by atoms with Gasteiger partial charge in [-0.1, -0.05) is 18.2 Å². The standard InChI is InChI=1S/C16H18N2O2/c1-11-16(13-5-3-4-6-15(13)20-11)14(19)8-7-12-9-10-17-18(12)2/h3-6,9-10,14,19H,7-8H2,1-2H3. The lowest BCUT2D eigenvalue weighted by Crippen LogP contribution is -2.04. The van der Waals surface area contributed by atoms with E-state index in [9.17, 15) is 5.11 Å². The molecule has 0 aliphatic rings. The Morgan fingerprint density at radius 2 is 2.10 bits per heavy atom. The molecule has 0 saturated carbocycles. The van der Waals surface area contributed by atoms with E-state index in [1.807, 2.05) is 49.0 Å². The predicted octanol–water partition coefficient (Wildman–Crippen LogP) is 3.14. The van der Waals surface area contributed by atoms with Gasteiger partial charge in [-0.2, -0.15) is 5.10 Å². The van der Waals surface area contributed by atoms with E-state index in [1.165, 1.54) is 0 Å². The van der Waals surface area contributed by atoms with Crippen LogP contribution in [0.5, 0.6) is 0 Å². The summed E-state index contributed by atoms with van der Waals surface area (Å²) < 4.78 is 7.54. The Morgan fingerprint density at radius 3 is 2.85 bits per heavy atom. The number of rotatable bonds is 4. The van der Waals surface area contributed by atoms with E-state index in [-0.39, 0.29) is 0 Å². The minimum Gasteiger partial charge on any atom is -0.461 e. The molecule has 1 atom stereocenters. The first-order valence-corrected chi connectivity index (χ1v) is 6.80. The van der Waals surface area contributed by atoms with Crippen LogP contribution in [0.15, 0.2) is 40.9 Å². The Morgan fingerprint density at radius 1 is 1.30 bits per heavy atom. The molecule has 104 valence electrons. The summed E-state index contributed by atoms with van der Waals surface area (Å²) in [6.45, 7) is 1.91. The molecule has 0 aliphatic carbocycles. The van der Waals surface area contributed by atoms with Gasteiger partial charge in [-0.3, -0.25) is 4.68 Å². The van der Waals surface area contributed by atoms with Crippen molar-refractivity contribution in [2.45, 2.75) is 25.9 Å². The Bertz CT molecular complexity index is 727. The van der Waals surface area contributed by atoms with E-state index in [4.69, 9.17) is 4.42 Å². The molecule has 0 aliphatic heterocycles. The second-order valence-corrected chi connectivity index (χ2v) is 5.07. The fourth-order valence-electron chi connectivity index (χ4n) is 2.68. The van der Waals surface area contributed by atoms with Crippen molar-refractivity contribution in [1.82, 2.24) is 9.78 Å². The van der Waals surface area contributed by atoms with Crippen LogP contribution in [-0.4, -0.2) is 14.9 Å². The van der Waals surface area contributed by atoms with Crippen LogP contribution in [0.2, 0.25) is 0 Å². The van der Waals surface area contributed by atoms with Crippen molar-refractivity contribution >= 4 is 11.0 Å². The first kappa shape index (κ1) is 12.9. The molecule has 1 unspecified atom stereocenters. The van der Waals surface area contributed by atoms with Crippen molar-refractivity contribution in [3.05, 3.63) is 53.5 Å². The van der Waals surface area contributed by atoms with Crippen LogP contribution in [0.4, 0.5) is 0 Å². The highest BCUT2D eigenvalue weighted by molar-refractivity contribution is 5.82. The van der Waals surface area contributed by atoms with Gasteiger partial charge >= 0.3 is 0 Å². The molecule has 2 heterocycles. The van der Waals surface area contributed by atoms with Crippen molar-refractivity contribution in [3.63, 3.8) is 0 Å². The molecule has 1 N–H and O–H groups in total. The van der Waals surface area contributed by atoms with E-state index in [0.717, 1.165) is 34.4 Å². The highest BCUT2D eigenvalue weighted by atomic mass is 16.3. The molecule has 20 heavy (non-hydrogen) atoms. The summed E-state index contributed by atoms with van der Waals surface area (Å²) in [4.78, 5) is 0. The zero-order valence-electron chi connectivity index (χ0n) is 11.7. The van der Waals surface area contributed by atoms with Gasteiger partial charge in [-0.05, 0) is 31.9 Å². The second-order valence-electron chi connectivity index (χ2n) is 5.07. The van der Waals surface area contributed by atoms with Crippen LogP contribution in [0, 0.1) is 6.92 Å². The summed E-state index contributed by atoms with van der Waals surface area (Å²) in [6, 6.07) is 9.81. The maximum absolute atomic E-state index is 10.5. The third-order valence-corrected chi connectivity index (χ3v) is 3.75. The lowest BCUT2D eigenvalue weighted by molar-refractivity contribution is 0.166. The summed E-state index contributed by atoms with van der Waals surface area (Å²) in [5, 5.41) is 15.6. The van der Waals surface area contributed by atoms with E-state index < -0.39 is 6.10 Å². The number of hydrogen-bond acceptors (Lipinski definition) is 3. The SMILES string of the molecule is Cc1oc2ccccc2c1C(O)CCc1ccnn1C. The second kappa shape index (κ2) is 5.13. The molecule has 0 amide bonds. The van der Waals surface area contributed by atoms with Crippen molar-refractivity contribution in [2.24, 2.45) is 7.05 Å². The predicted molar refractivity (Wildman–Crippen MR) is 77.4 cm³/mol. The molecule has 1 aromatic carbocycles. The van der Waals surface area contributed by atoms with Crippen molar-refractivity contribution in [3.8, 4) is 0 Å². The van der Waals surface area contributed by atoms with Gasteiger partial charge in [0.25, 0.3) is 0 Å². The van der Waals surface area contributed by atoms with E-state index in [1.54, 1.807) is 6.20 Å². The first-order valence-electron chi connectivity index (χ1n) is 6.80. The number of aliphatic hydroxyl groups is 1. The van der Waals surface area contributed by atoms with Crippen LogP contribution in [-0.2, 0) is 13.5 Å². The lowest BCUT2D eigenvalue weighted by Gasteiger charge is -2.10. The number of para-hydroxylation sites is 1. The number of nitrogens with zero attached hydrogens (tertiary/aromatic N) is 2. The minimum absolute atomic E-state index is 0.520. The van der Waals surface area contributed by atoms with Crippen molar-refractivity contribution < 1.29 is 9.52 Å². The Labute approximate surface area is 117 Å². The molecule has 0 spiro atoms. The van der Waals surface area contributed by atoms with Crippen LogP contribution in [0.25, 0.3) is 11.0 Å². The number of fused-ring (bicyclic) bond motifs is 1. The fourth-order valence-corrected chi connectivity index (χ4v) is 2.68. The highest BCUT2D eigenvalue weighted by Gasteiger charge is 2.18. The number of hydrogen-bond donors (Lipinski definition) is 1. The van der Waals surface area contributed by atoms with Gasteiger partial charge in [0.05, 0.1) is 6.10 Å². The normalized spacial score (nSPS) is 12.9. The molecule has 3 aromatic rings. The van der Waals surface area contributed by atoms with Gasteiger partial charge in [-0.25, -0.2) is 0 Å². The molecular weight excluding hydrogens is 252 g/mol. The van der Waals surface area contributed by atoms with Gasteiger partial charge in [0, 0.05) is 29.9 Å². The molecule has 2 aromatic heterocycles. The first-order chi connectivity index (χ1) is 9.66. The molecular formula is C16H18N2O2. The van der Waals surface area contributed by atoms with Crippen LogP contribution >= 0.6 is 0 Å². The molecule has 4 nitrogen and oxygen atoms in total. The zero-order valence-corrected chi connectivity index (χ0v) is 11.7. The summed E-state index contributed by atoms with van der Waals surface area (Å²) in [7, 11) is 1.92. The monoisotopic (exact) mass is 270 g/mol. The molecule has 0 bridgehead atoms. The molecule has 0 saturated heterocycles. The number of aromatic nitrogens is 2. The largest absolute Gasteiger partial charge is 0.461 e. The quantitative estimate of drug-likeness (QED) is 0.792. The topological polar surface area (TPSA) is 51.2 Å². The maximum Gasteiger partial charge on any atom is 0.134 e. The van der Waals surface area contributed by atoms with Gasteiger partial charge in [-0.15, -0.1) is 0 Å². The smallest absolute Gasteiger partial charge is 0.134 e. The summed E-state index contributed by atoms with van der Waals surface area (Å²) in [5.74, 6) is 0.795. The number of furan rings is 1. The minimum atomic E-state index is -0.520. The van der Waals surface area contributed by atoms with E-state index in [2.05, 4.69) is 5.10 Å². The highest BCUT2D eigenvalue weighted by Crippen LogP contribution is 2.32. The van der Waals surface area contributed by atoms with Crippen LogP contribution < -0.4 is 0 Å². The molecule has 3 rings (SSSR count).